The Kier molecular flexibility index (Phi) is 3.98. The van der Waals surface area contributed by atoms with E-state index in [2.05, 4.69) is 55.8 Å². The molecule has 0 bridgehead atoms. The highest BCUT2D eigenvalue weighted by molar-refractivity contribution is 5.79. The monoisotopic (exact) mass is 234 g/mol. The van der Waals surface area contributed by atoms with E-state index in [9.17, 15) is 0 Å². The molecule has 0 saturated heterocycles. The van der Waals surface area contributed by atoms with Gasteiger partial charge in [0.05, 0.1) is 5.09 Å². The molecule has 0 N–H and O–H groups in total. The van der Waals surface area contributed by atoms with Crippen molar-refractivity contribution >= 4 is 10.9 Å². The molecule has 2 rings (SSSR count). The fourth-order valence-electron chi connectivity index (χ4n) is 1.78. The van der Waals surface area contributed by atoms with E-state index in [1.165, 1.54) is 22.2 Å². The van der Waals surface area contributed by atoms with E-state index < -0.39 is 5.09 Å². The number of nitrogens with zero attached hydrogens (tertiary/aromatic N) is 2. The van der Waals surface area contributed by atoms with Crippen LogP contribution in [0.25, 0.3) is 10.9 Å². The summed E-state index contributed by atoms with van der Waals surface area (Å²) < 4.78 is 2.22. The topological polar surface area (TPSA) is 70.1 Å². The molecule has 0 unspecified atom stereocenters. The molecule has 1 aromatic carbocycles. The summed E-state index contributed by atoms with van der Waals surface area (Å²) in [6.07, 6.45) is 0. The van der Waals surface area contributed by atoms with Crippen molar-refractivity contribution < 1.29 is 9.65 Å². The number of pyridine rings is 1. The lowest BCUT2D eigenvalue weighted by Gasteiger charge is -2.02. The first-order chi connectivity index (χ1) is 7.93. The highest BCUT2D eigenvalue weighted by Crippen LogP contribution is 2.14. The zero-order valence-corrected chi connectivity index (χ0v) is 10.0. The van der Waals surface area contributed by atoms with Gasteiger partial charge in [-0.25, -0.2) is 0 Å². The van der Waals surface area contributed by atoms with Crippen LogP contribution in [0.2, 0.25) is 0 Å². The van der Waals surface area contributed by atoms with Crippen LogP contribution in [0.3, 0.4) is 0 Å². The van der Waals surface area contributed by atoms with Crippen LogP contribution in [0.4, 0.5) is 0 Å². The molecule has 0 fully saturated rings. The first-order valence-corrected chi connectivity index (χ1v) is 5.10. The summed E-state index contributed by atoms with van der Waals surface area (Å²) in [5.41, 5.74) is 3.96. The maximum Gasteiger partial charge on any atom is 0.212 e. The van der Waals surface area contributed by atoms with Gasteiger partial charge in [0.2, 0.25) is 5.52 Å². The number of rotatable bonds is 0. The standard InChI is InChI=1S/C12H14N.NO3/c1-9-8-10(2)13(3)12-7-5-4-6-11(9)12;2-1(3)4/h4-8H,1-3H3;/q+1;-1. The van der Waals surface area contributed by atoms with E-state index >= 15 is 0 Å². The van der Waals surface area contributed by atoms with Crippen molar-refractivity contribution in [1.29, 1.82) is 0 Å². The fourth-order valence-corrected chi connectivity index (χ4v) is 1.78. The number of hydrogen-bond acceptors (Lipinski definition) is 3. The molecule has 0 aliphatic heterocycles. The Labute approximate surface area is 99.0 Å². The zero-order chi connectivity index (χ0) is 13.0. The number of aryl methyl sites for hydroxylation is 3. The Morgan fingerprint density at radius 3 is 2.29 bits per heavy atom. The maximum atomic E-state index is 8.25. The summed E-state index contributed by atoms with van der Waals surface area (Å²) in [4.78, 5) is 8.25. The Morgan fingerprint density at radius 2 is 1.71 bits per heavy atom. The molecule has 0 atom stereocenters. The lowest BCUT2D eigenvalue weighted by atomic mass is 10.1. The first-order valence-electron chi connectivity index (χ1n) is 5.10. The minimum absolute atomic E-state index is 1.30. The van der Waals surface area contributed by atoms with Crippen LogP contribution in [0.5, 0.6) is 0 Å². The zero-order valence-electron chi connectivity index (χ0n) is 10.0. The lowest BCUT2D eigenvalue weighted by molar-refractivity contribution is -0.651. The minimum atomic E-state index is -1.75. The minimum Gasteiger partial charge on any atom is -0.356 e. The lowest BCUT2D eigenvalue weighted by Crippen LogP contribution is -2.32. The molecular weight excluding hydrogens is 220 g/mol. The summed E-state index contributed by atoms with van der Waals surface area (Å²) in [5.74, 6) is 0. The SMILES string of the molecule is Cc1cc(C)[n+](C)c2ccccc12.O=[N+]([O-])[O-]. The van der Waals surface area contributed by atoms with Gasteiger partial charge in [-0.05, 0) is 18.6 Å². The summed E-state index contributed by atoms with van der Waals surface area (Å²) in [6, 6.07) is 10.7. The average molecular weight is 234 g/mol. The number of fused-ring (bicyclic) bond motifs is 1. The fraction of sp³-hybridized carbons (Fsp3) is 0.250. The predicted molar refractivity (Wildman–Crippen MR) is 65.0 cm³/mol. The molecule has 5 nitrogen and oxygen atoms in total. The van der Waals surface area contributed by atoms with Crippen molar-refractivity contribution in [2.45, 2.75) is 13.8 Å². The normalized spacial score (nSPS) is 9.59. The molecule has 2 aromatic rings. The van der Waals surface area contributed by atoms with Crippen LogP contribution >= 0.6 is 0 Å². The molecule has 0 spiro atoms. The Hall–Kier alpha value is -2.17. The van der Waals surface area contributed by atoms with E-state index in [4.69, 9.17) is 15.3 Å². The van der Waals surface area contributed by atoms with Gasteiger partial charge in [0, 0.05) is 24.4 Å². The third kappa shape index (κ3) is 3.14. The van der Waals surface area contributed by atoms with Crippen molar-refractivity contribution in [3.8, 4) is 0 Å². The van der Waals surface area contributed by atoms with Crippen LogP contribution in [-0.4, -0.2) is 5.09 Å². The van der Waals surface area contributed by atoms with E-state index in [0.29, 0.717) is 0 Å². The molecule has 0 radical (unpaired) electrons. The van der Waals surface area contributed by atoms with Crippen molar-refractivity contribution in [1.82, 2.24) is 0 Å². The highest BCUT2D eigenvalue weighted by Gasteiger charge is 2.09. The number of hydrogen-bond donors (Lipinski definition) is 0. The van der Waals surface area contributed by atoms with Crippen molar-refractivity contribution in [2.24, 2.45) is 7.05 Å². The van der Waals surface area contributed by atoms with Gasteiger partial charge >= 0.3 is 0 Å². The molecule has 0 aliphatic carbocycles. The summed E-state index contributed by atoms with van der Waals surface area (Å²) in [7, 11) is 2.11. The largest absolute Gasteiger partial charge is 0.356 e. The molecule has 90 valence electrons. The molecule has 17 heavy (non-hydrogen) atoms. The second-order valence-electron chi connectivity index (χ2n) is 3.77. The third-order valence-corrected chi connectivity index (χ3v) is 2.64. The maximum absolute atomic E-state index is 8.25. The average Bonchev–Trinajstić information content (AvgIpc) is 2.25. The van der Waals surface area contributed by atoms with Gasteiger partial charge in [0.1, 0.15) is 7.05 Å². The van der Waals surface area contributed by atoms with Crippen LogP contribution in [0.1, 0.15) is 11.3 Å². The predicted octanol–water partition coefficient (Wildman–Crippen LogP) is 2.04. The molecule has 5 heteroatoms. The molecular formula is C12H14N2O3. The molecule has 0 saturated carbocycles. The smallest absolute Gasteiger partial charge is 0.212 e. The molecule has 0 aliphatic rings. The van der Waals surface area contributed by atoms with Crippen molar-refractivity contribution in [3.05, 3.63) is 56.9 Å². The van der Waals surface area contributed by atoms with E-state index in [0.717, 1.165) is 0 Å². The van der Waals surface area contributed by atoms with Crippen LogP contribution in [0.15, 0.2) is 30.3 Å². The van der Waals surface area contributed by atoms with Gasteiger partial charge < -0.3 is 15.3 Å². The van der Waals surface area contributed by atoms with E-state index in [-0.39, 0.29) is 0 Å². The Morgan fingerprint density at radius 1 is 1.18 bits per heavy atom. The van der Waals surface area contributed by atoms with Gasteiger partial charge in [-0.3, -0.25) is 0 Å². The quantitative estimate of drug-likeness (QED) is 0.398. The van der Waals surface area contributed by atoms with E-state index in [1.807, 2.05) is 0 Å². The number of aromatic nitrogens is 1. The second-order valence-corrected chi connectivity index (χ2v) is 3.77. The number of benzene rings is 1. The molecule has 1 heterocycles. The summed E-state index contributed by atoms with van der Waals surface area (Å²) in [6.45, 7) is 4.30. The van der Waals surface area contributed by atoms with Gasteiger partial charge in [-0.1, -0.05) is 12.1 Å². The van der Waals surface area contributed by atoms with Crippen LogP contribution in [0, 0.1) is 29.2 Å². The Balaban J connectivity index is 0.000000317. The number of para-hydroxylation sites is 1. The van der Waals surface area contributed by atoms with Crippen molar-refractivity contribution in [3.63, 3.8) is 0 Å². The van der Waals surface area contributed by atoms with Gasteiger partial charge in [-0.15, -0.1) is 0 Å². The van der Waals surface area contributed by atoms with Gasteiger partial charge in [0.15, 0.2) is 5.69 Å². The van der Waals surface area contributed by atoms with Crippen molar-refractivity contribution in [2.75, 3.05) is 0 Å². The molecule has 0 amide bonds. The second kappa shape index (κ2) is 5.25. The third-order valence-electron chi connectivity index (χ3n) is 2.64. The first kappa shape index (κ1) is 12.9. The van der Waals surface area contributed by atoms with Gasteiger partial charge in [-0.2, -0.15) is 4.57 Å². The summed E-state index contributed by atoms with van der Waals surface area (Å²) in [5, 5.41) is 16.1. The van der Waals surface area contributed by atoms with Crippen LogP contribution < -0.4 is 4.57 Å². The Bertz CT molecular complexity index is 549. The van der Waals surface area contributed by atoms with Crippen LogP contribution in [-0.2, 0) is 7.05 Å². The highest BCUT2D eigenvalue weighted by atomic mass is 16.9. The molecule has 1 aromatic heterocycles. The summed E-state index contributed by atoms with van der Waals surface area (Å²) >= 11 is 0. The van der Waals surface area contributed by atoms with Gasteiger partial charge in [0.25, 0.3) is 0 Å². The van der Waals surface area contributed by atoms with E-state index in [1.54, 1.807) is 0 Å².